The Kier molecular flexibility index (Phi) is 1.69. The van der Waals surface area contributed by atoms with Gasteiger partial charge in [0.1, 0.15) is 0 Å². The van der Waals surface area contributed by atoms with Crippen molar-refractivity contribution in [2.24, 2.45) is 11.7 Å². The van der Waals surface area contributed by atoms with Crippen molar-refractivity contribution in [3.05, 3.63) is 0 Å². The molecule has 0 spiro atoms. The van der Waals surface area contributed by atoms with Crippen LogP contribution in [0.4, 0.5) is 0 Å². The molecule has 0 aromatic rings. The third kappa shape index (κ3) is 0.926. The van der Waals surface area contributed by atoms with Gasteiger partial charge in [0.15, 0.2) is 0 Å². The third-order valence-corrected chi connectivity index (χ3v) is 3.65. The lowest BCUT2D eigenvalue weighted by Gasteiger charge is -2.34. The molecule has 2 N–H and O–H groups in total. The van der Waals surface area contributed by atoms with Crippen LogP contribution >= 0.6 is 0 Å². The topological polar surface area (TPSA) is 29.3 Å². The molecule has 0 aromatic carbocycles. The largest absolute Gasteiger partial charge is 0.327 e. The van der Waals surface area contributed by atoms with Gasteiger partial charge < -0.3 is 10.6 Å². The minimum Gasteiger partial charge on any atom is -0.327 e. The second-order valence-corrected chi connectivity index (χ2v) is 4.09. The molecule has 11 heavy (non-hydrogen) atoms. The smallest absolute Gasteiger partial charge is 0.0136 e. The minimum atomic E-state index is 0.501. The van der Waals surface area contributed by atoms with E-state index in [-0.39, 0.29) is 0 Å². The number of hydrogen-bond acceptors (Lipinski definition) is 2. The summed E-state index contributed by atoms with van der Waals surface area (Å²) in [6.45, 7) is 2.27. The molecule has 0 unspecified atom stereocenters. The van der Waals surface area contributed by atoms with E-state index in [1.807, 2.05) is 0 Å². The van der Waals surface area contributed by atoms with Crippen molar-refractivity contribution in [2.45, 2.75) is 44.3 Å². The fraction of sp³-hybridized carbons (Fsp3) is 1.00. The van der Waals surface area contributed by atoms with Crippen LogP contribution in [-0.4, -0.2) is 30.1 Å². The molecule has 2 aliphatic rings. The molecule has 64 valence electrons. The van der Waals surface area contributed by atoms with Gasteiger partial charge in [0.2, 0.25) is 0 Å². The lowest BCUT2D eigenvalue weighted by molar-refractivity contribution is 0.157. The van der Waals surface area contributed by atoms with Gasteiger partial charge in [-0.15, -0.1) is 0 Å². The van der Waals surface area contributed by atoms with Gasteiger partial charge in [-0.2, -0.15) is 0 Å². The highest BCUT2D eigenvalue weighted by Crippen LogP contribution is 2.41. The van der Waals surface area contributed by atoms with E-state index in [0.29, 0.717) is 6.04 Å². The molecule has 2 rings (SSSR count). The van der Waals surface area contributed by atoms with Crippen LogP contribution in [0.5, 0.6) is 0 Å². The molecule has 0 radical (unpaired) electrons. The molecule has 1 heterocycles. The number of fused-ring (bicyclic) bond motifs is 2. The average molecular weight is 154 g/mol. The number of piperidine rings is 1. The van der Waals surface area contributed by atoms with E-state index in [0.717, 1.165) is 18.0 Å². The molecule has 0 amide bonds. The Balaban J connectivity index is 2.13. The fourth-order valence-corrected chi connectivity index (χ4v) is 3.01. The summed E-state index contributed by atoms with van der Waals surface area (Å²) in [4.78, 5) is 2.54. The van der Waals surface area contributed by atoms with Gasteiger partial charge in [-0.05, 0) is 32.2 Å². The van der Waals surface area contributed by atoms with Crippen LogP contribution < -0.4 is 5.73 Å². The van der Waals surface area contributed by atoms with E-state index in [9.17, 15) is 0 Å². The van der Waals surface area contributed by atoms with Crippen LogP contribution in [0.15, 0.2) is 0 Å². The van der Waals surface area contributed by atoms with Gasteiger partial charge in [-0.1, -0.05) is 6.92 Å². The predicted molar refractivity (Wildman–Crippen MR) is 46.3 cm³/mol. The van der Waals surface area contributed by atoms with Gasteiger partial charge in [0.05, 0.1) is 0 Å². The molecular formula is C9H18N2. The molecule has 1 saturated heterocycles. The van der Waals surface area contributed by atoms with Crippen LogP contribution in [0.1, 0.15) is 26.2 Å². The Labute approximate surface area is 68.7 Å². The average Bonchev–Trinajstić information content (AvgIpc) is 2.45. The highest BCUT2D eigenvalue weighted by atomic mass is 15.2. The summed E-state index contributed by atoms with van der Waals surface area (Å²) >= 11 is 0. The van der Waals surface area contributed by atoms with E-state index < -0.39 is 0 Å². The number of rotatable bonds is 1. The van der Waals surface area contributed by atoms with E-state index >= 15 is 0 Å². The number of nitrogens with zero attached hydrogens (tertiary/aromatic N) is 1. The maximum absolute atomic E-state index is 6.02. The minimum absolute atomic E-state index is 0.501. The Morgan fingerprint density at radius 2 is 2.18 bits per heavy atom. The lowest BCUT2D eigenvalue weighted by Crippen LogP contribution is -2.46. The van der Waals surface area contributed by atoms with E-state index in [1.165, 1.54) is 19.3 Å². The number of hydrogen-bond donors (Lipinski definition) is 1. The molecule has 1 saturated carbocycles. The molecule has 2 fully saturated rings. The van der Waals surface area contributed by atoms with Gasteiger partial charge in [0, 0.05) is 18.1 Å². The summed E-state index contributed by atoms with van der Waals surface area (Å²) in [6.07, 6.45) is 3.86. The van der Waals surface area contributed by atoms with Crippen LogP contribution in [-0.2, 0) is 0 Å². The second-order valence-electron chi connectivity index (χ2n) is 4.09. The van der Waals surface area contributed by atoms with Gasteiger partial charge in [0.25, 0.3) is 0 Å². The van der Waals surface area contributed by atoms with Crippen molar-refractivity contribution < 1.29 is 0 Å². The third-order valence-electron chi connectivity index (χ3n) is 3.65. The molecule has 1 aliphatic carbocycles. The normalized spacial score (nSPS) is 50.5. The van der Waals surface area contributed by atoms with Crippen LogP contribution in [0.3, 0.4) is 0 Å². The first-order valence-electron chi connectivity index (χ1n) is 4.71. The van der Waals surface area contributed by atoms with Crippen molar-refractivity contribution >= 4 is 0 Å². The Hall–Kier alpha value is -0.0800. The molecule has 2 bridgehead atoms. The van der Waals surface area contributed by atoms with Crippen molar-refractivity contribution in [2.75, 3.05) is 7.05 Å². The zero-order chi connectivity index (χ0) is 8.01. The Bertz CT molecular complexity index is 158. The summed E-state index contributed by atoms with van der Waals surface area (Å²) in [7, 11) is 2.25. The standard InChI is InChI=1S/C9H18N2/c1-3-9-7-4-6(11(9)2)5-8(7)10/h6-9H,3-5,10H2,1-2H3/t6-,7+,8-,9-/m1/s1. The molecule has 0 aromatic heterocycles. The number of nitrogens with two attached hydrogens (primary N) is 1. The van der Waals surface area contributed by atoms with Crippen LogP contribution in [0, 0.1) is 5.92 Å². The van der Waals surface area contributed by atoms with Crippen LogP contribution in [0.25, 0.3) is 0 Å². The van der Waals surface area contributed by atoms with Gasteiger partial charge in [-0.25, -0.2) is 0 Å². The van der Waals surface area contributed by atoms with Crippen molar-refractivity contribution in [1.29, 1.82) is 0 Å². The van der Waals surface area contributed by atoms with E-state index in [2.05, 4.69) is 18.9 Å². The monoisotopic (exact) mass is 154 g/mol. The Morgan fingerprint density at radius 1 is 1.45 bits per heavy atom. The summed E-state index contributed by atoms with van der Waals surface area (Å²) in [5.41, 5.74) is 6.02. The predicted octanol–water partition coefficient (Wildman–Crippen LogP) is 0.816. The highest BCUT2D eigenvalue weighted by molar-refractivity contribution is 5.03. The zero-order valence-electron chi connectivity index (χ0n) is 7.46. The SMILES string of the molecule is CC[C@@H]1[C@H]2C[C@H](C[C@H]2N)N1C. The number of likely N-dealkylation sites (tertiary alicyclic amines) is 1. The molecule has 4 atom stereocenters. The van der Waals surface area contributed by atoms with Gasteiger partial charge >= 0.3 is 0 Å². The maximum atomic E-state index is 6.02. The lowest BCUT2D eigenvalue weighted by atomic mass is 9.93. The summed E-state index contributed by atoms with van der Waals surface area (Å²) in [5, 5.41) is 0. The van der Waals surface area contributed by atoms with Crippen molar-refractivity contribution in [1.82, 2.24) is 4.90 Å². The molecular weight excluding hydrogens is 136 g/mol. The quantitative estimate of drug-likeness (QED) is 0.606. The maximum Gasteiger partial charge on any atom is 0.0136 e. The molecule has 1 aliphatic heterocycles. The van der Waals surface area contributed by atoms with Gasteiger partial charge in [-0.3, -0.25) is 0 Å². The van der Waals surface area contributed by atoms with Crippen molar-refractivity contribution in [3.8, 4) is 0 Å². The van der Waals surface area contributed by atoms with E-state index in [1.54, 1.807) is 0 Å². The molecule has 2 heteroatoms. The molecule has 2 nitrogen and oxygen atoms in total. The highest BCUT2D eigenvalue weighted by Gasteiger charge is 2.47. The van der Waals surface area contributed by atoms with Crippen molar-refractivity contribution in [3.63, 3.8) is 0 Å². The Morgan fingerprint density at radius 3 is 2.64 bits per heavy atom. The van der Waals surface area contributed by atoms with E-state index in [4.69, 9.17) is 5.73 Å². The summed E-state index contributed by atoms with van der Waals surface area (Å²) < 4.78 is 0. The summed E-state index contributed by atoms with van der Waals surface area (Å²) in [6, 6.07) is 2.09. The first-order chi connectivity index (χ1) is 5.24. The fourth-order valence-electron chi connectivity index (χ4n) is 3.01. The first kappa shape index (κ1) is 7.56. The first-order valence-corrected chi connectivity index (χ1v) is 4.71. The van der Waals surface area contributed by atoms with Crippen LogP contribution in [0.2, 0.25) is 0 Å². The summed E-state index contributed by atoms with van der Waals surface area (Å²) in [5.74, 6) is 0.801. The zero-order valence-corrected chi connectivity index (χ0v) is 7.46. The second kappa shape index (κ2) is 2.46.